The quantitative estimate of drug-likeness (QED) is 0.477. The van der Waals surface area contributed by atoms with Gasteiger partial charge in [-0.1, -0.05) is 40.6 Å². The van der Waals surface area contributed by atoms with Crippen LogP contribution in [-0.4, -0.2) is 55.2 Å². The molecule has 1 aliphatic rings. The van der Waals surface area contributed by atoms with Crippen LogP contribution in [0.1, 0.15) is 27.9 Å². The molecule has 3 aromatic rings. The monoisotopic (exact) mass is 479 g/mol. The largest absolute Gasteiger partial charge is 0.379 e. The molecule has 1 aliphatic heterocycles. The Bertz CT molecular complexity index is 1050. The van der Waals surface area contributed by atoms with Gasteiger partial charge in [-0.25, -0.2) is 4.98 Å². The van der Waals surface area contributed by atoms with Gasteiger partial charge in [0.2, 0.25) is 0 Å². The van der Waals surface area contributed by atoms with Crippen molar-refractivity contribution in [1.82, 2.24) is 9.88 Å². The molecule has 0 radical (unpaired) electrons. The van der Waals surface area contributed by atoms with Gasteiger partial charge in [-0.15, -0.1) is 12.4 Å². The summed E-state index contributed by atoms with van der Waals surface area (Å²) in [6, 6.07) is 11.6. The molecule has 0 bridgehead atoms. The smallest absolute Gasteiger partial charge is 0.260 e. The third kappa shape index (κ3) is 5.76. The van der Waals surface area contributed by atoms with Crippen LogP contribution in [0.25, 0.3) is 10.2 Å². The fraction of sp³-hybridized carbons (Fsp3) is 0.391. The molecule has 1 aromatic heterocycles. The Morgan fingerprint density at radius 1 is 1.23 bits per heavy atom. The van der Waals surface area contributed by atoms with Gasteiger partial charge in [-0.05, 0) is 50.1 Å². The van der Waals surface area contributed by atoms with Crippen molar-refractivity contribution in [1.29, 1.82) is 0 Å². The summed E-state index contributed by atoms with van der Waals surface area (Å²) in [5.74, 6) is -0.0107. The molecule has 0 unspecified atom stereocenters. The standard InChI is InChI=1S/C23H26ClN3O2S.ClH/c1-16-5-3-6-18(13-16)22(28)27(8-4-7-26-9-11-29-12-10-26)23-25-21-17(2)14-19(24)15-20(21)30-23;/h3,5-6,13-15H,4,7-12H2,1-2H3;1H. The number of morpholine rings is 1. The van der Waals surface area contributed by atoms with Crippen LogP contribution in [0.5, 0.6) is 0 Å². The lowest BCUT2D eigenvalue weighted by Crippen LogP contribution is -2.39. The van der Waals surface area contributed by atoms with Crippen molar-refractivity contribution in [3.63, 3.8) is 0 Å². The normalized spacial score (nSPS) is 14.4. The van der Waals surface area contributed by atoms with E-state index in [4.69, 9.17) is 21.3 Å². The molecule has 1 saturated heterocycles. The first-order chi connectivity index (χ1) is 14.5. The van der Waals surface area contributed by atoms with E-state index < -0.39 is 0 Å². The highest BCUT2D eigenvalue weighted by Gasteiger charge is 2.22. The SMILES string of the molecule is Cc1cccc(C(=O)N(CCCN2CCOCC2)c2nc3c(C)cc(Cl)cc3s2)c1.Cl. The summed E-state index contributed by atoms with van der Waals surface area (Å²) in [5.41, 5.74) is 3.70. The van der Waals surface area contributed by atoms with E-state index in [1.54, 1.807) is 0 Å². The molecule has 0 atom stereocenters. The van der Waals surface area contributed by atoms with Crippen molar-refractivity contribution in [2.75, 3.05) is 44.3 Å². The zero-order valence-corrected chi connectivity index (χ0v) is 20.2. The lowest BCUT2D eigenvalue weighted by molar-refractivity contribution is 0.0376. The first-order valence-corrected chi connectivity index (χ1v) is 11.5. The minimum atomic E-state index is -0.0107. The fourth-order valence-corrected chi connectivity index (χ4v) is 5.20. The summed E-state index contributed by atoms with van der Waals surface area (Å²) in [7, 11) is 0. The fourth-order valence-electron chi connectivity index (χ4n) is 3.75. The number of rotatable bonds is 6. The van der Waals surface area contributed by atoms with E-state index in [0.29, 0.717) is 17.1 Å². The number of aryl methyl sites for hydroxylation is 2. The highest BCUT2D eigenvalue weighted by atomic mass is 35.5. The number of carbonyl (C=O) groups is 1. The van der Waals surface area contributed by atoms with Gasteiger partial charge in [0.15, 0.2) is 5.13 Å². The van der Waals surface area contributed by atoms with Crippen LogP contribution >= 0.6 is 35.3 Å². The van der Waals surface area contributed by atoms with Crippen molar-refractivity contribution < 1.29 is 9.53 Å². The number of hydrogen-bond donors (Lipinski definition) is 0. The predicted molar refractivity (Wildman–Crippen MR) is 131 cm³/mol. The molecule has 1 fully saturated rings. The van der Waals surface area contributed by atoms with Crippen molar-refractivity contribution in [3.8, 4) is 0 Å². The predicted octanol–water partition coefficient (Wildman–Crippen LogP) is 5.36. The number of thiazole rings is 1. The summed E-state index contributed by atoms with van der Waals surface area (Å²) in [6.45, 7) is 9.03. The number of aromatic nitrogens is 1. The van der Waals surface area contributed by atoms with Gasteiger partial charge in [0, 0.05) is 36.8 Å². The third-order valence-electron chi connectivity index (χ3n) is 5.34. The number of carbonyl (C=O) groups excluding carboxylic acids is 1. The van der Waals surface area contributed by atoms with E-state index in [1.807, 2.05) is 55.1 Å². The van der Waals surface area contributed by atoms with Crippen molar-refractivity contribution >= 4 is 56.6 Å². The van der Waals surface area contributed by atoms with Gasteiger partial charge in [0.05, 0.1) is 23.4 Å². The van der Waals surface area contributed by atoms with Gasteiger partial charge in [-0.2, -0.15) is 0 Å². The number of anilines is 1. The Balaban J connectivity index is 0.00000272. The molecule has 5 nitrogen and oxygen atoms in total. The molecule has 0 aliphatic carbocycles. The molecule has 2 aromatic carbocycles. The number of halogens is 2. The molecule has 0 spiro atoms. The van der Waals surface area contributed by atoms with Gasteiger partial charge < -0.3 is 4.74 Å². The zero-order chi connectivity index (χ0) is 21.1. The molecule has 1 amide bonds. The maximum atomic E-state index is 13.4. The average Bonchev–Trinajstić information content (AvgIpc) is 3.15. The van der Waals surface area contributed by atoms with Crippen LogP contribution in [0.3, 0.4) is 0 Å². The second kappa shape index (κ2) is 10.7. The van der Waals surface area contributed by atoms with E-state index in [1.165, 1.54) is 11.3 Å². The van der Waals surface area contributed by atoms with Gasteiger partial charge in [0.1, 0.15) is 0 Å². The van der Waals surface area contributed by atoms with E-state index in [-0.39, 0.29) is 18.3 Å². The van der Waals surface area contributed by atoms with E-state index in [0.717, 1.165) is 65.7 Å². The lowest BCUT2D eigenvalue weighted by Gasteiger charge is -2.27. The number of benzene rings is 2. The van der Waals surface area contributed by atoms with Crippen molar-refractivity contribution in [3.05, 3.63) is 58.1 Å². The Labute approximate surface area is 198 Å². The van der Waals surface area contributed by atoms with Gasteiger partial charge >= 0.3 is 0 Å². The Kier molecular flexibility index (Phi) is 8.30. The highest BCUT2D eigenvalue weighted by Crippen LogP contribution is 2.33. The molecular weight excluding hydrogens is 453 g/mol. The zero-order valence-electron chi connectivity index (χ0n) is 17.8. The second-order valence-electron chi connectivity index (χ2n) is 7.70. The Morgan fingerprint density at radius 3 is 2.74 bits per heavy atom. The highest BCUT2D eigenvalue weighted by molar-refractivity contribution is 7.22. The van der Waals surface area contributed by atoms with Crippen LogP contribution < -0.4 is 4.90 Å². The third-order valence-corrected chi connectivity index (χ3v) is 6.58. The number of hydrogen-bond acceptors (Lipinski definition) is 5. The Morgan fingerprint density at radius 2 is 2.00 bits per heavy atom. The molecule has 166 valence electrons. The number of ether oxygens (including phenoxy) is 1. The molecule has 0 N–H and O–H groups in total. The summed E-state index contributed by atoms with van der Waals surface area (Å²) in [6.07, 6.45) is 0.882. The summed E-state index contributed by atoms with van der Waals surface area (Å²) in [5, 5.41) is 1.42. The van der Waals surface area contributed by atoms with Gasteiger partial charge in [0.25, 0.3) is 5.91 Å². The second-order valence-corrected chi connectivity index (χ2v) is 9.15. The molecule has 0 saturated carbocycles. The van der Waals surface area contributed by atoms with Crippen LogP contribution in [0.2, 0.25) is 5.02 Å². The average molecular weight is 480 g/mol. The van der Waals surface area contributed by atoms with E-state index in [2.05, 4.69) is 4.90 Å². The lowest BCUT2D eigenvalue weighted by atomic mass is 10.1. The Hall–Kier alpha value is -1.70. The maximum Gasteiger partial charge on any atom is 0.260 e. The molecule has 8 heteroatoms. The summed E-state index contributed by atoms with van der Waals surface area (Å²) >= 11 is 7.76. The first-order valence-electron chi connectivity index (χ1n) is 10.3. The minimum Gasteiger partial charge on any atom is -0.379 e. The number of nitrogens with zero attached hydrogens (tertiary/aromatic N) is 3. The number of amides is 1. The molecule has 4 rings (SSSR count). The molecular formula is C23H27Cl2N3O2S. The van der Waals surface area contributed by atoms with Crippen LogP contribution in [0.15, 0.2) is 36.4 Å². The minimum absolute atomic E-state index is 0. The van der Waals surface area contributed by atoms with Crippen LogP contribution in [0, 0.1) is 13.8 Å². The van der Waals surface area contributed by atoms with Crippen LogP contribution in [-0.2, 0) is 4.74 Å². The van der Waals surface area contributed by atoms with Crippen LogP contribution in [0.4, 0.5) is 5.13 Å². The molecule has 2 heterocycles. The molecule has 31 heavy (non-hydrogen) atoms. The number of fused-ring (bicyclic) bond motifs is 1. The topological polar surface area (TPSA) is 45.7 Å². The maximum absolute atomic E-state index is 13.4. The van der Waals surface area contributed by atoms with Crippen molar-refractivity contribution in [2.45, 2.75) is 20.3 Å². The first kappa shape index (κ1) is 24.0. The van der Waals surface area contributed by atoms with E-state index in [9.17, 15) is 4.79 Å². The van der Waals surface area contributed by atoms with Gasteiger partial charge in [-0.3, -0.25) is 14.6 Å². The van der Waals surface area contributed by atoms with Crippen molar-refractivity contribution in [2.24, 2.45) is 0 Å². The van der Waals surface area contributed by atoms with E-state index >= 15 is 0 Å². The summed E-state index contributed by atoms with van der Waals surface area (Å²) < 4.78 is 6.44. The summed E-state index contributed by atoms with van der Waals surface area (Å²) in [4.78, 5) is 22.5.